The Labute approximate surface area is 128 Å². The third-order valence-corrected chi connectivity index (χ3v) is 4.91. The summed E-state index contributed by atoms with van der Waals surface area (Å²) in [5.74, 6) is 0. The molecule has 1 fully saturated rings. The molecule has 1 heterocycles. The van der Waals surface area contributed by atoms with Gasteiger partial charge in [-0.2, -0.15) is 0 Å². The zero-order valence-electron chi connectivity index (χ0n) is 13.1. The molecule has 1 N–H and O–H groups in total. The number of nitrogens with zero attached hydrogens (tertiary/aromatic N) is 1. The fourth-order valence-electron chi connectivity index (χ4n) is 2.51. The maximum absolute atomic E-state index is 3.60. The maximum atomic E-state index is 3.60. The summed E-state index contributed by atoms with van der Waals surface area (Å²) < 4.78 is 0. The van der Waals surface area contributed by atoms with E-state index in [1.54, 1.807) is 0 Å². The highest BCUT2D eigenvalue weighted by atomic mass is 32.1. The first-order chi connectivity index (χ1) is 9.75. The van der Waals surface area contributed by atoms with Crippen LogP contribution in [0.2, 0.25) is 0 Å². The summed E-state index contributed by atoms with van der Waals surface area (Å²) in [6.45, 7) is 8.22. The van der Waals surface area contributed by atoms with Gasteiger partial charge in [-0.15, -0.1) is 11.3 Å². The van der Waals surface area contributed by atoms with Crippen LogP contribution in [0.5, 0.6) is 0 Å². The Morgan fingerprint density at radius 2 is 2.05 bits per heavy atom. The van der Waals surface area contributed by atoms with Gasteiger partial charge in [0, 0.05) is 23.5 Å². The molecule has 2 rings (SSSR count). The van der Waals surface area contributed by atoms with E-state index < -0.39 is 0 Å². The highest BCUT2D eigenvalue weighted by Gasteiger charge is 2.19. The topological polar surface area (TPSA) is 15.3 Å². The lowest BCUT2D eigenvalue weighted by molar-refractivity contribution is 0.210. The molecule has 1 saturated carbocycles. The fraction of sp³-hybridized carbons (Fsp3) is 0.765. The van der Waals surface area contributed by atoms with Crippen LogP contribution in [0.4, 0.5) is 0 Å². The van der Waals surface area contributed by atoms with E-state index in [1.807, 2.05) is 11.3 Å². The lowest BCUT2D eigenvalue weighted by Crippen LogP contribution is -2.31. The third kappa shape index (κ3) is 6.38. The van der Waals surface area contributed by atoms with Gasteiger partial charge in [-0.1, -0.05) is 18.9 Å². The molecule has 0 saturated heterocycles. The summed E-state index contributed by atoms with van der Waals surface area (Å²) in [5.41, 5.74) is 0. The van der Waals surface area contributed by atoms with Gasteiger partial charge in [0.2, 0.25) is 0 Å². The van der Waals surface area contributed by atoms with E-state index >= 15 is 0 Å². The van der Waals surface area contributed by atoms with E-state index in [-0.39, 0.29) is 0 Å². The molecule has 0 unspecified atom stereocenters. The van der Waals surface area contributed by atoms with Crippen LogP contribution in [0.3, 0.4) is 0 Å². The van der Waals surface area contributed by atoms with Crippen LogP contribution in [-0.4, -0.2) is 30.1 Å². The van der Waals surface area contributed by atoms with Gasteiger partial charge in [-0.25, -0.2) is 0 Å². The fourth-order valence-corrected chi connectivity index (χ4v) is 3.24. The van der Waals surface area contributed by atoms with Crippen molar-refractivity contribution in [2.45, 2.75) is 71.0 Å². The van der Waals surface area contributed by atoms with Gasteiger partial charge in [0.25, 0.3) is 0 Å². The van der Waals surface area contributed by atoms with Gasteiger partial charge in [-0.3, -0.25) is 4.90 Å². The first kappa shape index (κ1) is 16.0. The second-order valence-electron chi connectivity index (χ2n) is 6.29. The molecule has 20 heavy (non-hydrogen) atoms. The molecule has 0 spiro atoms. The Morgan fingerprint density at radius 3 is 2.70 bits per heavy atom. The van der Waals surface area contributed by atoms with Crippen LogP contribution >= 0.6 is 11.3 Å². The normalized spacial score (nSPS) is 15.4. The summed E-state index contributed by atoms with van der Waals surface area (Å²) in [6.07, 6.45) is 8.26. The first-order valence-corrected chi connectivity index (χ1v) is 9.13. The quantitative estimate of drug-likeness (QED) is 0.613. The third-order valence-electron chi connectivity index (χ3n) is 4.05. The molecular formula is C17H30N2S. The molecule has 3 heteroatoms. The summed E-state index contributed by atoms with van der Waals surface area (Å²) in [5, 5.41) is 5.78. The summed E-state index contributed by atoms with van der Waals surface area (Å²) in [4.78, 5) is 4.10. The molecule has 0 radical (unpaired) electrons. The van der Waals surface area contributed by atoms with Crippen molar-refractivity contribution < 1.29 is 0 Å². The number of hydrogen-bond acceptors (Lipinski definition) is 3. The second-order valence-corrected chi connectivity index (χ2v) is 7.32. The minimum atomic E-state index is 0.647. The maximum Gasteiger partial charge on any atom is 0.0330 e. The van der Waals surface area contributed by atoms with E-state index in [0.717, 1.165) is 12.6 Å². The standard InChI is InChI=1S/C17H30N2S/c1-15(2)19(14-17-8-7-13-20-17)12-6-4-3-5-11-18-16-9-10-16/h7-8,13,15-16,18H,3-6,9-12,14H2,1-2H3. The molecule has 2 nitrogen and oxygen atoms in total. The molecular weight excluding hydrogens is 264 g/mol. The number of unbranched alkanes of at least 4 members (excludes halogenated alkanes) is 3. The second kappa shape index (κ2) is 8.81. The van der Waals surface area contributed by atoms with Gasteiger partial charge in [0.15, 0.2) is 0 Å². The minimum absolute atomic E-state index is 0.647. The Balaban J connectivity index is 1.52. The number of rotatable bonds is 11. The summed E-state index contributed by atoms with van der Waals surface area (Å²) >= 11 is 1.88. The highest BCUT2D eigenvalue weighted by molar-refractivity contribution is 7.09. The van der Waals surface area contributed by atoms with Crippen LogP contribution < -0.4 is 5.32 Å². The summed E-state index contributed by atoms with van der Waals surface area (Å²) in [6, 6.07) is 5.93. The van der Waals surface area contributed by atoms with Gasteiger partial charge < -0.3 is 5.32 Å². The van der Waals surface area contributed by atoms with Crippen LogP contribution in [0.1, 0.15) is 57.2 Å². The van der Waals surface area contributed by atoms with Crippen molar-refractivity contribution in [3.05, 3.63) is 22.4 Å². The largest absolute Gasteiger partial charge is 0.314 e. The van der Waals surface area contributed by atoms with Gasteiger partial charge in [-0.05, 0) is 64.1 Å². The first-order valence-electron chi connectivity index (χ1n) is 8.25. The Kier molecular flexibility index (Phi) is 7.05. The molecule has 0 atom stereocenters. The molecule has 1 aliphatic carbocycles. The molecule has 1 aromatic rings. The Morgan fingerprint density at radius 1 is 1.25 bits per heavy atom. The monoisotopic (exact) mass is 294 g/mol. The average Bonchev–Trinajstić information content (AvgIpc) is 3.10. The van der Waals surface area contributed by atoms with Crippen molar-refractivity contribution in [2.24, 2.45) is 0 Å². The van der Waals surface area contributed by atoms with Crippen LogP contribution in [0.15, 0.2) is 17.5 Å². The minimum Gasteiger partial charge on any atom is -0.314 e. The van der Waals surface area contributed by atoms with Crippen LogP contribution in [0, 0.1) is 0 Å². The van der Waals surface area contributed by atoms with E-state index in [9.17, 15) is 0 Å². The molecule has 0 amide bonds. The van der Waals surface area contributed by atoms with E-state index in [0.29, 0.717) is 6.04 Å². The molecule has 0 aromatic carbocycles. The van der Waals surface area contributed by atoms with Crippen molar-refractivity contribution >= 4 is 11.3 Å². The van der Waals surface area contributed by atoms with Crippen molar-refractivity contribution in [3.8, 4) is 0 Å². The lowest BCUT2D eigenvalue weighted by Gasteiger charge is -2.25. The molecule has 0 aliphatic heterocycles. The SMILES string of the molecule is CC(C)N(CCCCCCNC1CC1)Cc1cccs1. The molecule has 1 aliphatic rings. The van der Waals surface area contributed by atoms with Gasteiger partial charge >= 0.3 is 0 Å². The Hall–Kier alpha value is -0.380. The van der Waals surface area contributed by atoms with Crippen molar-refractivity contribution in [1.29, 1.82) is 0 Å². The van der Waals surface area contributed by atoms with Crippen LogP contribution in [-0.2, 0) is 6.54 Å². The van der Waals surface area contributed by atoms with Crippen LogP contribution in [0.25, 0.3) is 0 Å². The van der Waals surface area contributed by atoms with Crippen molar-refractivity contribution in [2.75, 3.05) is 13.1 Å². The van der Waals surface area contributed by atoms with E-state index in [1.165, 1.54) is 56.5 Å². The number of hydrogen-bond donors (Lipinski definition) is 1. The predicted octanol–water partition coefficient (Wildman–Crippen LogP) is 4.27. The van der Waals surface area contributed by atoms with Gasteiger partial charge in [0.1, 0.15) is 0 Å². The zero-order valence-corrected chi connectivity index (χ0v) is 13.9. The van der Waals surface area contributed by atoms with Crippen molar-refractivity contribution in [1.82, 2.24) is 10.2 Å². The Bertz CT molecular complexity index is 344. The number of thiophene rings is 1. The highest BCUT2D eigenvalue weighted by Crippen LogP contribution is 2.18. The molecule has 0 bridgehead atoms. The smallest absolute Gasteiger partial charge is 0.0330 e. The zero-order chi connectivity index (χ0) is 14.2. The van der Waals surface area contributed by atoms with E-state index in [2.05, 4.69) is 41.6 Å². The molecule has 114 valence electrons. The molecule has 1 aromatic heterocycles. The lowest BCUT2D eigenvalue weighted by atomic mass is 10.1. The summed E-state index contributed by atoms with van der Waals surface area (Å²) in [7, 11) is 0. The predicted molar refractivity (Wildman–Crippen MR) is 89.4 cm³/mol. The van der Waals surface area contributed by atoms with E-state index in [4.69, 9.17) is 0 Å². The van der Waals surface area contributed by atoms with Crippen molar-refractivity contribution in [3.63, 3.8) is 0 Å². The number of nitrogens with one attached hydrogen (secondary N) is 1. The average molecular weight is 295 g/mol. The van der Waals surface area contributed by atoms with Gasteiger partial charge in [0.05, 0.1) is 0 Å².